The van der Waals surface area contributed by atoms with Crippen molar-refractivity contribution in [2.75, 3.05) is 0 Å². The first kappa shape index (κ1) is 13.3. The van der Waals surface area contributed by atoms with Crippen LogP contribution in [-0.4, -0.2) is 32.7 Å². The summed E-state index contributed by atoms with van der Waals surface area (Å²) in [5, 5.41) is 11.2. The molecule has 0 N–H and O–H groups in total. The van der Waals surface area contributed by atoms with Crippen molar-refractivity contribution in [3.8, 4) is 5.69 Å². The van der Waals surface area contributed by atoms with Crippen LogP contribution >= 0.6 is 0 Å². The average Bonchev–Trinajstić information content (AvgIpc) is 2.97. The molecule has 1 aromatic carbocycles. The molecule has 1 aliphatic rings. The summed E-state index contributed by atoms with van der Waals surface area (Å²) < 4.78 is 7.88. The van der Waals surface area contributed by atoms with Gasteiger partial charge in [-0.1, -0.05) is 26.0 Å². The monoisotopic (exact) mass is 270 g/mol. The predicted molar refractivity (Wildman–Crippen MR) is 78.3 cm³/mol. The largest absolute Gasteiger partial charge is 0.426 e. The summed E-state index contributed by atoms with van der Waals surface area (Å²) in [5.74, 6) is 0. The first-order valence-corrected chi connectivity index (χ1v) is 6.90. The van der Waals surface area contributed by atoms with Crippen LogP contribution in [0.3, 0.4) is 0 Å². The van der Waals surface area contributed by atoms with E-state index in [-0.39, 0.29) is 17.9 Å². The van der Waals surface area contributed by atoms with Crippen molar-refractivity contribution in [2.24, 2.45) is 5.41 Å². The zero-order valence-electron chi connectivity index (χ0n) is 12.4. The summed E-state index contributed by atoms with van der Waals surface area (Å²) in [7, 11) is 0. The molecule has 0 atom stereocenters. The van der Waals surface area contributed by atoms with Gasteiger partial charge in [-0.15, -0.1) is 5.10 Å². The van der Waals surface area contributed by atoms with Crippen LogP contribution in [0.15, 0.2) is 30.6 Å². The number of benzene rings is 1. The number of hydrogen-bond acceptors (Lipinski definition) is 4. The van der Waals surface area contributed by atoms with Crippen LogP contribution in [0.25, 0.3) is 5.69 Å². The third kappa shape index (κ3) is 2.14. The molecule has 104 valence electrons. The van der Waals surface area contributed by atoms with Crippen LogP contribution in [0.1, 0.15) is 27.7 Å². The van der Waals surface area contributed by atoms with Crippen LogP contribution in [-0.2, 0) is 4.65 Å². The lowest BCUT2D eigenvalue weighted by Gasteiger charge is -2.34. The first-order valence-electron chi connectivity index (χ1n) is 6.90. The second-order valence-corrected chi connectivity index (χ2v) is 6.55. The fraction of sp³-hybridized carbons (Fsp3) is 0.500. The molecule has 3 rings (SSSR count). The van der Waals surface area contributed by atoms with E-state index >= 15 is 0 Å². The van der Waals surface area contributed by atoms with Gasteiger partial charge < -0.3 is 4.65 Å². The van der Waals surface area contributed by atoms with E-state index in [9.17, 15) is 0 Å². The van der Waals surface area contributed by atoms with E-state index < -0.39 is 0 Å². The van der Waals surface area contributed by atoms with Crippen molar-refractivity contribution >= 4 is 12.4 Å². The Labute approximate surface area is 119 Å². The summed E-state index contributed by atoms with van der Waals surface area (Å²) in [6.07, 6.45) is 2.62. The van der Waals surface area contributed by atoms with Gasteiger partial charge >= 0.3 is 6.92 Å². The molecule has 1 aliphatic heterocycles. The molecule has 0 radical (unpaired) electrons. The smallest absolute Gasteiger partial charge is 0.327 e. The summed E-state index contributed by atoms with van der Waals surface area (Å²) >= 11 is 0. The second-order valence-electron chi connectivity index (χ2n) is 6.55. The quantitative estimate of drug-likeness (QED) is 0.779. The van der Waals surface area contributed by atoms with Crippen molar-refractivity contribution in [1.29, 1.82) is 0 Å². The Bertz CT molecular complexity index is 576. The molecule has 1 saturated heterocycles. The predicted octanol–water partition coefficient (Wildman–Crippen LogP) is 1.70. The molecule has 20 heavy (non-hydrogen) atoms. The van der Waals surface area contributed by atoms with Gasteiger partial charge in [0.2, 0.25) is 0 Å². The number of hydrogen-bond donors (Lipinski definition) is 0. The Balaban J connectivity index is 1.83. The van der Waals surface area contributed by atoms with E-state index in [1.165, 1.54) is 5.46 Å². The molecule has 2 aromatic rings. The SMILES string of the molecule is CC1(C)CB(c2ccc(-n3cnnn3)cc2)OC1(C)C. The zero-order valence-corrected chi connectivity index (χ0v) is 12.4. The Kier molecular flexibility index (Phi) is 2.94. The third-order valence-corrected chi connectivity index (χ3v) is 4.64. The van der Waals surface area contributed by atoms with Crippen molar-refractivity contribution in [3.05, 3.63) is 30.6 Å². The maximum Gasteiger partial charge on any atom is 0.327 e. The Morgan fingerprint density at radius 3 is 2.35 bits per heavy atom. The fourth-order valence-corrected chi connectivity index (χ4v) is 2.57. The standard InChI is InChI=1S/C14H19BN4O/c1-13(2)9-15(20-14(13,3)4)11-5-7-12(8-6-11)19-10-16-17-18-19/h5-8,10H,9H2,1-4H3. The van der Waals surface area contributed by atoms with Gasteiger partial charge in [-0.2, -0.15) is 0 Å². The number of tetrazole rings is 1. The molecule has 6 heteroatoms. The number of nitrogens with zero attached hydrogens (tertiary/aromatic N) is 4. The molecule has 0 saturated carbocycles. The second kappa shape index (κ2) is 4.41. The molecular formula is C14H19BN4O. The van der Waals surface area contributed by atoms with Crippen molar-refractivity contribution < 1.29 is 4.65 Å². The highest BCUT2D eigenvalue weighted by molar-refractivity contribution is 6.68. The van der Waals surface area contributed by atoms with Crippen molar-refractivity contribution in [1.82, 2.24) is 20.2 Å². The summed E-state index contributed by atoms with van der Waals surface area (Å²) in [5.41, 5.74) is 2.23. The normalized spacial score (nSPS) is 20.3. The average molecular weight is 270 g/mol. The van der Waals surface area contributed by atoms with Crippen LogP contribution in [0.5, 0.6) is 0 Å². The lowest BCUT2D eigenvalue weighted by Crippen LogP contribution is -2.36. The lowest BCUT2D eigenvalue weighted by molar-refractivity contribution is 0.0375. The highest BCUT2D eigenvalue weighted by Crippen LogP contribution is 2.44. The van der Waals surface area contributed by atoms with Crippen LogP contribution in [0.4, 0.5) is 0 Å². The number of rotatable bonds is 2. The molecule has 0 spiro atoms. The topological polar surface area (TPSA) is 52.8 Å². The molecule has 0 bridgehead atoms. The molecule has 5 nitrogen and oxygen atoms in total. The highest BCUT2D eigenvalue weighted by Gasteiger charge is 2.49. The van der Waals surface area contributed by atoms with E-state index in [1.54, 1.807) is 11.0 Å². The van der Waals surface area contributed by atoms with Gasteiger partial charge in [0.15, 0.2) is 0 Å². The zero-order chi connectivity index (χ0) is 14.4. The molecule has 1 aromatic heterocycles. The Morgan fingerprint density at radius 2 is 1.85 bits per heavy atom. The van der Waals surface area contributed by atoms with Gasteiger partial charge in [-0.05, 0) is 53.6 Å². The van der Waals surface area contributed by atoms with Gasteiger partial charge in [0.25, 0.3) is 0 Å². The lowest BCUT2D eigenvalue weighted by atomic mass is 9.54. The van der Waals surface area contributed by atoms with E-state index in [0.29, 0.717) is 0 Å². The highest BCUT2D eigenvalue weighted by atomic mass is 16.5. The van der Waals surface area contributed by atoms with Gasteiger partial charge in [-0.3, -0.25) is 0 Å². The van der Waals surface area contributed by atoms with E-state index in [1.807, 2.05) is 12.1 Å². The molecular weight excluding hydrogens is 251 g/mol. The van der Waals surface area contributed by atoms with E-state index in [2.05, 4.69) is 55.4 Å². The maximum atomic E-state index is 6.23. The first-order chi connectivity index (χ1) is 9.39. The summed E-state index contributed by atoms with van der Waals surface area (Å²) in [6.45, 7) is 9.03. The van der Waals surface area contributed by atoms with Gasteiger partial charge in [0.1, 0.15) is 6.33 Å². The molecule has 0 aliphatic carbocycles. The van der Waals surface area contributed by atoms with Crippen molar-refractivity contribution in [2.45, 2.75) is 39.6 Å². The van der Waals surface area contributed by atoms with Crippen molar-refractivity contribution in [3.63, 3.8) is 0 Å². The minimum Gasteiger partial charge on any atom is -0.426 e. The maximum absolute atomic E-state index is 6.23. The minimum atomic E-state index is -0.105. The minimum absolute atomic E-state index is 0.105. The van der Waals surface area contributed by atoms with E-state index in [0.717, 1.165) is 12.0 Å². The Hall–Kier alpha value is -1.69. The molecule has 2 heterocycles. The van der Waals surface area contributed by atoms with E-state index in [4.69, 9.17) is 4.65 Å². The molecule has 1 fully saturated rings. The Morgan fingerprint density at radius 1 is 1.15 bits per heavy atom. The van der Waals surface area contributed by atoms with Gasteiger partial charge in [0, 0.05) is 0 Å². The summed E-state index contributed by atoms with van der Waals surface area (Å²) in [4.78, 5) is 0. The fourth-order valence-electron chi connectivity index (χ4n) is 2.57. The van der Waals surface area contributed by atoms with Crippen LogP contribution < -0.4 is 5.46 Å². The molecule has 0 unspecified atom stereocenters. The van der Waals surface area contributed by atoms with Crippen LogP contribution in [0.2, 0.25) is 6.32 Å². The summed E-state index contributed by atoms with van der Waals surface area (Å²) in [6, 6.07) is 8.24. The third-order valence-electron chi connectivity index (χ3n) is 4.64. The van der Waals surface area contributed by atoms with Crippen LogP contribution in [0, 0.1) is 5.41 Å². The number of aromatic nitrogens is 4. The van der Waals surface area contributed by atoms with Gasteiger partial charge in [0.05, 0.1) is 11.3 Å². The molecule has 0 amide bonds. The van der Waals surface area contributed by atoms with Gasteiger partial charge in [-0.25, -0.2) is 4.68 Å².